The molecule has 8 heteroatoms. The maximum absolute atomic E-state index is 12.3. The second-order valence-corrected chi connectivity index (χ2v) is 5.82. The van der Waals surface area contributed by atoms with Gasteiger partial charge >= 0.3 is 0 Å². The molecule has 1 N–H and O–H groups in total. The summed E-state index contributed by atoms with van der Waals surface area (Å²) in [5, 5.41) is 13.0. The highest BCUT2D eigenvalue weighted by molar-refractivity contribution is 6.18. The van der Waals surface area contributed by atoms with Crippen molar-refractivity contribution in [2.24, 2.45) is 10.3 Å². The fraction of sp³-hybridized carbons (Fsp3) is 0.692. The predicted molar refractivity (Wildman–Crippen MR) is 78.5 cm³/mol. The van der Waals surface area contributed by atoms with Crippen LogP contribution in [-0.2, 0) is 6.67 Å². The molecule has 7 nitrogen and oxygen atoms in total. The highest BCUT2D eigenvalue weighted by atomic mass is 35.5. The van der Waals surface area contributed by atoms with Gasteiger partial charge in [0.25, 0.3) is 5.91 Å². The Hall–Kier alpha value is -1.63. The van der Waals surface area contributed by atoms with E-state index in [1.54, 1.807) is 11.3 Å². The molecule has 3 rings (SSSR count). The lowest BCUT2D eigenvalue weighted by Gasteiger charge is -2.23. The lowest BCUT2D eigenvalue weighted by molar-refractivity contribution is 0.0923. The summed E-state index contributed by atoms with van der Waals surface area (Å²) in [6, 6.07) is 0.261. The van der Waals surface area contributed by atoms with E-state index in [2.05, 4.69) is 20.6 Å². The minimum atomic E-state index is -0.152. The maximum atomic E-state index is 12.3. The number of fused-ring (bicyclic) bond motifs is 1. The summed E-state index contributed by atoms with van der Waals surface area (Å²) in [4.78, 5) is 16.5. The first-order chi connectivity index (χ1) is 10.3. The van der Waals surface area contributed by atoms with Crippen molar-refractivity contribution in [1.29, 1.82) is 0 Å². The topological polar surface area (TPSA) is 74.9 Å². The molecule has 2 aliphatic rings. The van der Waals surface area contributed by atoms with Gasteiger partial charge in [-0.2, -0.15) is 0 Å². The Balaban J connectivity index is 1.68. The lowest BCUT2D eigenvalue weighted by atomic mass is 9.95. The third-order valence-electron chi connectivity index (χ3n) is 3.89. The summed E-state index contributed by atoms with van der Waals surface area (Å²) >= 11 is 5.69. The summed E-state index contributed by atoms with van der Waals surface area (Å²) in [6.45, 7) is 1.14. The first kappa shape index (κ1) is 14.3. The van der Waals surface area contributed by atoms with Crippen molar-refractivity contribution in [2.75, 3.05) is 12.4 Å². The fourth-order valence-corrected chi connectivity index (χ4v) is 2.96. The van der Waals surface area contributed by atoms with E-state index in [9.17, 15) is 4.79 Å². The molecule has 0 spiro atoms. The van der Waals surface area contributed by atoms with Crippen molar-refractivity contribution in [3.8, 4) is 0 Å². The van der Waals surface area contributed by atoms with Crippen molar-refractivity contribution < 1.29 is 4.79 Å². The Bertz CT molecular complexity index is 537. The first-order valence-electron chi connectivity index (χ1n) is 7.36. The van der Waals surface area contributed by atoms with Gasteiger partial charge in [0.2, 0.25) is 0 Å². The molecule has 0 radical (unpaired) electrons. The van der Waals surface area contributed by atoms with Crippen molar-refractivity contribution in [1.82, 2.24) is 19.9 Å². The van der Waals surface area contributed by atoms with E-state index in [0.29, 0.717) is 30.6 Å². The number of nitrogens with one attached hydrogen (secondary N) is 1. The van der Waals surface area contributed by atoms with Crippen LogP contribution < -0.4 is 5.32 Å². The van der Waals surface area contributed by atoms with Gasteiger partial charge in [-0.05, 0) is 12.8 Å². The summed E-state index contributed by atoms with van der Waals surface area (Å²) < 4.78 is 1.81. The molecule has 2 heterocycles. The minimum Gasteiger partial charge on any atom is -0.348 e. The van der Waals surface area contributed by atoms with Crippen LogP contribution in [0.3, 0.4) is 0 Å². The molecule has 21 heavy (non-hydrogen) atoms. The number of alkyl halides is 1. The van der Waals surface area contributed by atoms with Crippen LogP contribution in [0.2, 0.25) is 0 Å². The molecule has 1 aromatic heterocycles. The number of imidazole rings is 1. The van der Waals surface area contributed by atoms with Gasteiger partial charge in [-0.25, -0.2) is 4.98 Å². The zero-order chi connectivity index (χ0) is 14.7. The van der Waals surface area contributed by atoms with Gasteiger partial charge < -0.3 is 5.32 Å². The molecule has 114 valence electrons. The largest absolute Gasteiger partial charge is 0.348 e. The fourth-order valence-electron chi connectivity index (χ4n) is 2.77. The van der Waals surface area contributed by atoms with Crippen LogP contribution in [-0.4, -0.2) is 38.9 Å². The van der Waals surface area contributed by atoms with E-state index in [1.165, 1.54) is 19.3 Å². The molecule has 1 aliphatic carbocycles. The zero-order valence-electron chi connectivity index (χ0n) is 11.8. The van der Waals surface area contributed by atoms with Gasteiger partial charge in [0, 0.05) is 11.9 Å². The van der Waals surface area contributed by atoms with Crippen LogP contribution in [0.15, 0.2) is 16.7 Å². The average Bonchev–Trinajstić information content (AvgIpc) is 2.92. The van der Waals surface area contributed by atoms with E-state index in [4.69, 9.17) is 11.6 Å². The zero-order valence-corrected chi connectivity index (χ0v) is 12.6. The molecule has 0 atom stereocenters. The molecule has 0 saturated heterocycles. The standard InChI is InChI=1S/C13H19ClN6O/c14-6-7-20-9-19-8-15-11(12(19)17-18-20)13(21)16-10-4-2-1-3-5-10/h8,10H,1-7,9H2,(H,16,21). The normalized spacial score (nSPS) is 18.6. The van der Waals surface area contributed by atoms with E-state index >= 15 is 0 Å². The van der Waals surface area contributed by atoms with Gasteiger partial charge in [-0.3, -0.25) is 14.4 Å². The second kappa shape index (κ2) is 6.43. The van der Waals surface area contributed by atoms with Crippen LogP contribution in [0.1, 0.15) is 42.6 Å². The molecular formula is C13H19ClN6O. The van der Waals surface area contributed by atoms with Gasteiger partial charge in [0.15, 0.2) is 11.5 Å². The molecule has 1 amide bonds. The number of nitrogens with zero attached hydrogens (tertiary/aromatic N) is 5. The Morgan fingerprint density at radius 1 is 1.38 bits per heavy atom. The molecule has 1 aliphatic heterocycles. The predicted octanol–water partition coefficient (Wildman–Crippen LogP) is 2.46. The number of rotatable bonds is 4. The highest BCUT2D eigenvalue weighted by Crippen LogP contribution is 2.24. The number of carbonyl (C=O) groups is 1. The monoisotopic (exact) mass is 310 g/mol. The van der Waals surface area contributed by atoms with E-state index < -0.39 is 0 Å². The van der Waals surface area contributed by atoms with Crippen molar-refractivity contribution in [3.05, 3.63) is 12.0 Å². The Labute approximate surface area is 128 Å². The van der Waals surface area contributed by atoms with Gasteiger partial charge in [0.1, 0.15) is 6.67 Å². The summed E-state index contributed by atoms with van der Waals surface area (Å²) in [5.41, 5.74) is 0.356. The van der Waals surface area contributed by atoms with Crippen LogP contribution in [0.25, 0.3) is 0 Å². The van der Waals surface area contributed by atoms with Gasteiger partial charge in [-0.15, -0.1) is 16.7 Å². The van der Waals surface area contributed by atoms with Crippen molar-refractivity contribution >= 4 is 23.3 Å². The van der Waals surface area contributed by atoms with Crippen LogP contribution in [0, 0.1) is 0 Å². The Morgan fingerprint density at radius 3 is 2.95 bits per heavy atom. The van der Waals surface area contributed by atoms with E-state index in [1.807, 2.05) is 4.57 Å². The number of hydrogen-bond donors (Lipinski definition) is 1. The molecule has 1 saturated carbocycles. The Morgan fingerprint density at radius 2 is 2.19 bits per heavy atom. The van der Waals surface area contributed by atoms with E-state index in [-0.39, 0.29) is 11.9 Å². The second-order valence-electron chi connectivity index (χ2n) is 5.44. The van der Waals surface area contributed by atoms with Crippen LogP contribution in [0.5, 0.6) is 0 Å². The van der Waals surface area contributed by atoms with Gasteiger partial charge in [0.05, 0.1) is 12.9 Å². The third kappa shape index (κ3) is 3.18. The highest BCUT2D eigenvalue weighted by Gasteiger charge is 2.24. The Kier molecular flexibility index (Phi) is 4.38. The van der Waals surface area contributed by atoms with Crippen LogP contribution >= 0.6 is 11.6 Å². The number of carbonyl (C=O) groups excluding carboxylic acids is 1. The smallest absolute Gasteiger partial charge is 0.274 e. The van der Waals surface area contributed by atoms with Gasteiger partial charge in [-0.1, -0.05) is 24.5 Å². The summed E-state index contributed by atoms with van der Waals surface area (Å²) in [7, 11) is 0. The molecule has 0 unspecified atom stereocenters. The molecule has 1 aromatic rings. The van der Waals surface area contributed by atoms with Crippen molar-refractivity contribution in [3.63, 3.8) is 0 Å². The number of halogens is 1. The number of amides is 1. The molecule has 1 fully saturated rings. The lowest BCUT2D eigenvalue weighted by Crippen LogP contribution is -2.36. The molecule has 0 bridgehead atoms. The number of aromatic nitrogens is 2. The number of hydrogen-bond acceptors (Lipinski definition) is 5. The van der Waals surface area contributed by atoms with Crippen LogP contribution in [0.4, 0.5) is 5.82 Å². The molecular weight excluding hydrogens is 292 g/mol. The summed E-state index contributed by atoms with van der Waals surface area (Å²) in [6.07, 6.45) is 7.35. The van der Waals surface area contributed by atoms with Crippen molar-refractivity contribution in [2.45, 2.75) is 44.8 Å². The first-order valence-corrected chi connectivity index (χ1v) is 7.90. The average molecular weight is 311 g/mol. The molecule has 0 aromatic carbocycles. The quantitative estimate of drug-likeness (QED) is 0.868. The summed E-state index contributed by atoms with van der Waals surface area (Å²) in [5.74, 6) is 0.854. The van der Waals surface area contributed by atoms with E-state index in [0.717, 1.165) is 12.8 Å². The minimum absolute atomic E-state index is 0.152. The third-order valence-corrected chi connectivity index (χ3v) is 4.06. The maximum Gasteiger partial charge on any atom is 0.274 e. The SMILES string of the molecule is O=C(NC1CCCCC1)c1ncn2c1N=NN(CCCl)C2.